The van der Waals surface area contributed by atoms with Crippen molar-refractivity contribution in [3.05, 3.63) is 24.3 Å². The molecule has 4 N–H and O–H groups in total. The number of carbonyl (C=O) groups is 4. The van der Waals surface area contributed by atoms with Crippen molar-refractivity contribution in [3.8, 4) is 0 Å². The van der Waals surface area contributed by atoms with Gasteiger partial charge in [-0.25, -0.2) is 0 Å². The lowest BCUT2D eigenvalue weighted by molar-refractivity contribution is -0.151. The fraction of sp³-hybridized carbons (Fsp3) is 0.333. The second kappa shape index (κ2) is 6.00. The van der Waals surface area contributed by atoms with E-state index in [9.17, 15) is 19.2 Å². The van der Waals surface area contributed by atoms with Gasteiger partial charge >= 0.3 is 23.9 Å². The van der Waals surface area contributed by atoms with Crippen LogP contribution in [-0.2, 0) is 19.2 Å². The molecule has 1 aliphatic rings. The van der Waals surface area contributed by atoms with Crippen molar-refractivity contribution in [1.82, 2.24) is 0 Å². The molecule has 4 atom stereocenters. The van der Waals surface area contributed by atoms with Gasteiger partial charge in [-0.05, 0) is 0 Å². The molecule has 0 aliphatic heterocycles. The molecular formula is C12H12O8. The van der Waals surface area contributed by atoms with Crippen LogP contribution >= 0.6 is 0 Å². The summed E-state index contributed by atoms with van der Waals surface area (Å²) in [6, 6.07) is 0. The van der Waals surface area contributed by atoms with Gasteiger partial charge in [0, 0.05) is 0 Å². The van der Waals surface area contributed by atoms with Crippen LogP contribution in [-0.4, -0.2) is 44.3 Å². The number of aliphatic carboxylic acids is 4. The molecule has 4 unspecified atom stereocenters. The first-order valence-electron chi connectivity index (χ1n) is 5.53. The molecule has 1 rings (SSSR count). The van der Waals surface area contributed by atoms with E-state index in [4.69, 9.17) is 20.4 Å². The lowest BCUT2D eigenvalue weighted by atomic mass is 9.82. The Morgan fingerprint density at radius 1 is 0.500 bits per heavy atom. The lowest BCUT2D eigenvalue weighted by Crippen LogP contribution is -2.32. The van der Waals surface area contributed by atoms with Crippen molar-refractivity contribution in [1.29, 1.82) is 0 Å². The third-order valence-corrected chi connectivity index (χ3v) is 2.97. The van der Waals surface area contributed by atoms with Crippen LogP contribution in [0, 0.1) is 23.7 Å². The Kier molecular flexibility index (Phi) is 4.63. The Morgan fingerprint density at radius 3 is 0.750 bits per heavy atom. The summed E-state index contributed by atoms with van der Waals surface area (Å²) in [5.41, 5.74) is 0. The average Bonchev–Trinajstić information content (AvgIpc) is 2.26. The highest BCUT2D eigenvalue weighted by Crippen LogP contribution is 2.26. The summed E-state index contributed by atoms with van der Waals surface area (Å²) in [5, 5.41) is 35.8. The maximum atomic E-state index is 11.0. The molecule has 0 aromatic rings. The maximum absolute atomic E-state index is 11.0. The zero-order chi connectivity index (χ0) is 15.4. The lowest BCUT2D eigenvalue weighted by Gasteiger charge is -2.20. The highest BCUT2D eigenvalue weighted by molar-refractivity contribution is 5.86. The van der Waals surface area contributed by atoms with Crippen LogP contribution in [0.15, 0.2) is 24.3 Å². The van der Waals surface area contributed by atoms with Crippen molar-refractivity contribution in [2.75, 3.05) is 0 Å². The van der Waals surface area contributed by atoms with Crippen LogP contribution in [0.3, 0.4) is 0 Å². The molecule has 0 fully saturated rings. The molecule has 0 radical (unpaired) electrons. The number of hydrogen-bond acceptors (Lipinski definition) is 4. The first kappa shape index (κ1) is 15.4. The molecule has 0 saturated heterocycles. The standard InChI is InChI=1S/C12H12O8/c13-9(14)5-1-2-6(10(15)16)8(12(19)20)4-3-7(5)11(17)18/h1-8H,(H,13,14)(H,15,16)(H,17,18)(H,19,20)/b2-1-,4-3-. The third-order valence-electron chi connectivity index (χ3n) is 2.97. The van der Waals surface area contributed by atoms with Crippen LogP contribution in [0.4, 0.5) is 0 Å². The minimum absolute atomic E-state index is 0.916. The Labute approximate surface area is 112 Å². The van der Waals surface area contributed by atoms with E-state index >= 15 is 0 Å². The molecule has 8 nitrogen and oxygen atoms in total. The first-order valence-corrected chi connectivity index (χ1v) is 5.53. The smallest absolute Gasteiger partial charge is 0.311 e. The summed E-state index contributed by atoms with van der Waals surface area (Å²) < 4.78 is 0. The quantitative estimate of drug-likeness (QED) is 0.523. The molecule has 1 aliphatic carbocycles. The van der Waals surface area contributed by atoms with E-state index in [1.807, 2.05) is 0 Å². The summed E-state index contributed by atoms with van der Waals surface area (Å²) in [5.74, 6) is -11.6. The van der Waals surface area contributed by atoms with E-state index < -0.39 is 47.5 Å². The molecular weight excluding hydrogens is 272 g/mol. The Morgan fingerprint density at radius 2 is 0.650 bits per heavy atom. The molecule has 108 valence electrons. The van der Waals surface area contributed by atoms with Crippen molar-refractivity contribution < 1.29 is 39.6 Å². The zero-order valence-corrected chi connectivity index (χ0v) is 10.0. The topological polar surface area (TPSA) is 149 Å². The Hall–Kier alpha value is -2.64. The van der Waals surface area contributed by atoms with Crippen molar-refractivity contribution in [2.45, 2.75) is 0 Å². The van der Waals surface area contributed by atoms with Crippen LogP contribution < -0.4 is 0 Å². The maximum Gasteiger partial charge on any atom is 0.311 e. The second-order valence-corrected chi connectivity index (χ2v) is 4.23. The molecule has 0 saturated carbocycles. The molecule has 0 aromatic carbocycles. The number of rotatable bonds is 4. The predicted octanol–water partition coefficient (Wildman–Crippen LogP) is -0.0844. The molecule has 20 heavy (non-hydrogen) atoms. The molecule has 0 aromatic heterocycles. The fourth-order valence-corrected chi connectivity index (χ4v) is 1.90. The number of carboxylic acids is 4. The normalized spacial score (nSPS) is 32.4. The van der Waals surface area contributed by atoms with Gasteiger partial charge in [0.2, 0.25) is 0 Å². The van der Waals surface area contributed by atoms with Crippen LogP contribution in [0.1, 0.15) is 0 Å². The van der Waals surface area contributed by atoms with Crippen molar-refractivity contribution in [2.24, 2.45) is 23.7 Å². The summed E-state index contributed by atoms with van der Waals surface area (Å²) in [6.45, 7) is 0. The van der Waals surface area contributed by atoms with Crippen LogP contribution in [0.5, 0.6) is 0 Å². The second-order valence-electron chi connectivity index (χ2n) is 4.23. The Bertz CT molecular complexity index is 414. The third kappa shape index (κ3) is 3.22. The van der Waals surface area contributed by atoms with Gasteiger partial charge in [-0.2, -0.15) is 0 Å². The van der Waals surface area contributed by atoms with Crippen LogP contribution in [0.2, 0.25) is 0 Å². The van der Waals surface area contributed by atoms with E-state index in [-0.39, 0.29) is 0 Å². The van der Waals surface area contributed by atoms with Crippen molar-refractivity contribution in [3.63, 3.8) is 0 Å². The highest BCUT2D eigenvalue weighted by atomic mass is 16.4. The average molecular weight is 284 g/mol. The van der Waals surface area contributed by atoms with Gasteiger partial charge in [0.25, 0.3) is 0 Å². The van der Waals surface area contributed by atoms with Gasteiger partial charge in [0.05, 0.1) is 23.7 Å². The summed E-state index contributed by atoms with van der Waals surface area (Å²) in [4.78, 5) is 44.1. The van der Waals surface area contributed by atoms with Crippen LogP contribution in [0.25, 0.3) is 0 Å². The highest BCUT2D eigenvalue weighted by Gasteiger charge is 2.36. The van der Waals surface area contributed by atoms with E-state index in [0.29, 0.717) is 0 Å². The monoisotopic (exact) mass is 284 g/mol. The van der Waals surface area contributed by atoms with Crippen molar-refractivity contribution >= 4 is 23.9 Å². The summed E-state index contributed by atoms with van der Waals surface area (Å²) >= 11 is 0. The van der Waals surface area contributed by atoms with Gasteiger partial charge in [-0.3, -0.25) is 19.2 Å². The van der Waals surface area contributed by atoms with E-state index in [2.05, 4.69) is 0 Å². The number of hydrogen-bond donors (Lipinski definition) is 4. The minimum Gasteiger partial charge on any atom is -0.481 e. The van der Waals surface area contributed by atoms with Gasteiger partial charge in [0.15, 0.2) is 0 Å². The predicted molar refractivity (Wildman–Crippen MR) is 62.8 cm³/mol. The molecule has 8 heteroatoms. The first-order chi connectivity index (χ1) is 9.25. The minimum atomic E-state index is -1.46. The van der Waals surface area contributed by atoms with Gasteiger partial charge in [-0.15, -0.1) is 0 Å². The fourth-order valence-electron chi connectivity index (χ4n) is 1.90. The number of carboxylic acid groups (broad SMARTS) is 4. The van der Waals surface area contributed by atoms with E-state index in [1.165, 1.54) is 0 Å². The molecule has 0 bridgehead atoms. The van der Waals surface area contributed by atoms with E-state index in [1.54, 1.807) is 0 Å². The molecule has 0 heterocycles. The van der Waals surface area contributed by atoms with Gasteiger partial charge in [0.1, 0.15) is 0 Å². The Balaban J connectivity index is 3.27. The van der Waals surface area contributed by atoms with Gasteiger partial charge < -0.3 is 20.4 Å². The van der Waals surface area contributed by atoms with E-state index in [0.717, 1.165) is 24.3 Å². The SMILES string of the molecule is O=C(O)C1/C=C\C(C(=O)O)C(C(=O)O)/C=C\C1C(=O)O. The molecule has 0 amide bonds. The largest absolute Gasteiger partial charge is 0.481 e. The van der Waals surface area contributed by atoms with Gasteiger partial charge in [-0.1, -0.05) is 24.3 Å². The summed E-state index contributed by atoms with van der Waals surface area (Å²) in [6.07, 6.45) is 3.66. The zero-order valence-electron chi connectivity index (χ0n) is 10.0. The molecule has 0 spiro atoms. The summed E-state index contributed by atoms with van der Waals surface area (Å²) in [7, 11) is 0.